The maximum atomic E-state index is 12.3. The molecule has 0 bridgehead atoms. The molecule has 0 saturated carbocycles. The SMILES string of the molecule is CCC(C)N(CC(=O)O)C(=O)CSc1ccc(Br)cc1C. The highest BCUT2D eigenvalue weighted by Gasteiger charge is 2.21. The van der Waals surface area contributed by atoms with E-state index in [1.807, 2.05) is 39.0 Å². The maximum Gasteiger partial charge on any atom is 0.323 e. The largest absolute Gasteiger partial charge is 0.480 e. The van der Waals surface area contributed by atoms with Gasteiger partial charge in [0.2, 0.25) is 5.91 Å². The van der Waals surface area contributed by atoms with Crippen LogP contribution in [0.1, 0.15) is 25.8 Å². The Hall–Kier alpha value is -1.01. The fourth-order valence-corrected chi connectivity index (χ4v) is 3.22. The molecule has 1 unspecified atom stereocenters. The minimum absolute atomic E-state index is 0.0692. The van der Waals surface area contributed by atoms with Gasteiger partial charge in [0.05, 0.1) is 5.75 Å². The molecule has 6 heteroatoms. The Labute approximate surface area is 138 Å². The second-order valence-corrected chi connectivity index (χ2v) is 6.80. The standard InChI is InChI=1S/C15H20BrNO3S/c1-4-11(3)17(8-15(19)20)14(18)9-21-13-6-5-12(16)7-10(13)2/h5-7,11H,4,8-9H2,1-3H3,(H,19,20). The van der Waals surface area contributed by atoms with Crippen LogP contribution in [0, 0.1) is 6.92 Å². The van der Waals surface area contributed by atoms with Gasteiger partial charge in [-0.3, -0.25) is 9.59 Å². The number of rotatable bonds is 7. The van der Waals surface area contributed by atoms with Gasteiger partial charge in [-0.25, -0.2) is 0 Å². The molecule has 1 aromatic carbocycles. The van der Waals surface area contributed by atoms with Gasteiger partial charge in [0, 0.05) is 15.4 Å². The predicted molar refractivity (Wildman–Crippen MR) is 88.7 cm³/mol. The molecule has 0 aliphatic heterocycles. The molecule has 1 N–H and O–H groups in total. The van der Waals surface area contributed by atoms with E-state index in [0.717, 1.165) is 21.4 Å². The number of halogens is 1. The van der Waals surface area contributed by atoms with Crippen molar-refractivity contribution in [2.45, 2.75) is 38.1 Å². The zero-order chi connectivity index (χ0) is 16.0. The Morgan fingerprint density at radius 3 is 2.62 bits per heavy atom. The van der Waals surface area contributed by atoms with E-state index in [2.05, 4.69) is 15.9 Å². The number of hydrogen-bond donors (Lipinski definition) is 1. The van der Waals surface area contributed by atoms with E-state index in [1.165, 1.54) is 16.7 Å². The first-order chi connectivity index (χ1) is 9.85. The lowest BCUT2D eigenvalue weighted by Gasteiger charge is -2.26. The second-order valence-electron chi connectivity index (χ2n) is 4.87. The van der Waals surface area contributed by atoms with Crippen LogP contribution in [0.5, 0.6) is 0 Å². The summed E-state index contributed by atoms with van der Waals surface area (Å²) in [5.41, 5.74) is 1.09. The smallest absolute Gasteiger partial charge is 0.323 e. The number of carbonyl (C=O) groups excluding carboxylic acids is 1. The molecule has 0 saturated heterocycles. The van der Waals surface area contributed by atoms with Crippen molar-refractivity contribution >= 4 is 39.6 Å². The lowest BCUT2D eigenvalue weighted by molar-refractivity contribution is -0.144. The van der Waals surface area contributed by atoms with Gasteiger partial charge in [-0.05, 0) is 44.0 Å². The summed E-state index contributed by atoms with van der Waals surface area (Å²) >= 11 is 4.85. The van der Waals surface area contributed by atoms with Crippen molar-refractivity contribution in [3.05, 3.63) is 28.2 Å². The minimum atomic E-state index is -0.978. The summed E-state index contributed by atoms with van der Waals surface area (Å²) in [6.45, 7) is 5.56. The molecule has 0 fully saturated rings. The molecule has 0 radical (unpaired) electrons. The average Bonchev–Trinajstić information content (AvgIpc) is 2.42. The molecule has 4 nitrogen and oxygen atoms in total. The lowest BCUT2D eigenvalue weighted by Crippen LogP contribution is -2.42. The number of aryl methyl sites for hydroxylation is 1. The van der Waals surface area contributed by atoms with Gasteiger partial charge >= 0.3 is 5.97 Å². The normalized spacial score (nSPS) is 12.0. The van der Waals surface area contributed by atoms with Crippen LogP contribution < -0.4 is 0 Å². The van der Waals surface area contributed by atoms with Crippen molar-refractivity contribution in [3.8, 4) is 0 Å². The summed E-state index contributed by atoms with van der Waals surface area (Å²) in [5, 5.41) is 8.93. The van der Waals surface area contributed by atoms with Gasteiger partial charge in [0.15, 0.2) is 0 Å². The summed E-state index contributed by atoms with van der Waals surface area (Å²) < 4.78 is 1.00. The third-order valence-corrected chi connectivity index (χ3v) is 4.89. The zero-order valence-electron chi connectivity index (χ0n) is 12.4. The van der Waals surface area contributed by atoms with E-state index in [-0.39, 0.29) is 24.2 Å². The number of carbonyl (C=O) groups is 2. The van der Waals surface area contributed by atoms with E-state index in [1.54, 1.807) is 0 Å². The van der Waals surface area contributed by atoms with Crippen LogP contribution in [-0.2, 0) is 9.59 Å². The summed E-state index contributed by atoms with van der Waals surface area (Å²) in [5.74, 6) is -0.868. The third-order valence-electron chi connectivity index (χ3n) is 3.24. The number of hydrogen-bond acceptors (Lipinski definition) is 3. The van der Waals surface area contributed by atoms with Crippen molar-refractivity contribution in [1.29, 1.82) is 0 Å². The highest BCUT2D eigenvalue weighted by atomic mass is 79.9. The molecule has 21 heavy (non-hydrogen) atoms. The molecule has 0 aliphatic rings. The van der Waals surface area contributed by atoms with Gasteiger partial charge in [-0.1, -0.05) is 22.9 Å². The van der Waals surface area contributed by atoms with Crippen LogP contribution in [0.2, 0.25) is 0 Å². The highest BCUT2D eigenvalue weighted by Crippen LogP contribution is 2.25. The van der Waals surface area contributed by atoms with Crippen LogP contribution >= 0.6 is 27.7 Å². The fourth-order valence-electron chi connectivity index (χ4n) is 1.85. The summed E-state index contributed by atoms with van der Waals surface area (Å²) in [7, 11) is 0. The zero-order valence-corrected chi connectivity index (χ0v) is 14.8. The number of amides is 1. The van der Waals surface area contributed by atoms with E-state index < -0.39 is 5.97 Å². The highest BCUT2D eigenvalue weighted by molar-refractivity contribution is 9.10. The molecule has 0 heterocycles. The van der Waals surface area contributed by atoms with Crippen molar-refractivity contribution in [2.75, 3.05) is 12.3 Å². The van der Waals surface area contributed by atoms with E-state index in [9.17, 15) is 9.59 Å². The lowest BCUT2D eigenvalue weighted by atomic mass is 10.2. The van der Waals surface area contributed by atoms with Gasteiger partial charge < -0.3 is 10.0 Å². The van der Waals surface area contributed by atoms with Crippen LogP contribution in [0.4, 0.5) is 0 Å². The van der Waals surface area contributed by atoms with Crippen molar-refractivity contribution < 1.29 is 14.7 Å². The molecule has 1 rings (SSSR count). The topological polar surface area (TPSA) is 57.6 Å². The van der Waals surface area contributed by atoms with Gasteiger partial charge in [0.25, 0.3) is 0 Å². The van der Waals surface area contributed by atoms with Gasteiger partial charge in [0.1, 0.15) is 6.54 Å². The van der Waals surface area contributed by atoms with Crippen molar-refractivity contribution in [3.63, 3.8) is 0 Å². The first-order valence-corrected chi connectivity index (χ1v) is 8.53. The number of benzene rings is 1. The van der Waals surface area contributed by atoms with Gasteiger partial charge in [-0.2, -0.15) is 0 Å². The summed E-state index contributed by atoms with van der Waals surface area (Å²) in [4.78, 5) is 25.6. The number of nitrogens with zero attached hydrogens (tertiary/aromatic N) is 1. The molecule has 0 aliphatic carbocycles. The first kappa shape index (κ1) is 18.0. The van der Waals surface area contributed by atoms with Gasteiger partial charge in [-0.15, -0.1) is 11.8 Å². The number of carboxylic acid groups (broad SMARTS) is 1. The molecule has 1 atom stereocenters. The molecule has 1 amide bonds. The molecule has 116 valence electrons. The number of aliphatic carboxylic acids is 1. The molecule has 0 aromatic heterocycles. The summed E-state index contributed by atoms with van der Waals surface area (Å²) in [6, 6.07) is 5.82. The monoisotopic (exact) mass is 373 g/mol. The van der Waals surface area contributed by atoms with Crippen LogP contribution in [0.15, 0.2) is 27.6 Å². The Morgan fingerprint density at radius 1 is 1.43 bits per heavy atom. The van der Waals surface area contributed by atoms with E-state index in [0.29, 0.717) is 0 Å². The number of carboxylic acids is 1. The fraction of sp³-hybridized carbons (Fsp3) is 0.467. The molecular formula is C15H20BrNO3S. The second kappa shape index (κ2) is 8.44. The Kier molecular flexibility index (Phi) is 7.25. The maximum absolute atomic E-state index is 12.3. The molecule has 0 spiro atoms. The van der Waals surface area contributed by atoms with Crippen LogP contribution in [-0.4, -0.2) is 40.2 Å². The average molecular weight is 374 g/mol. The van der Waals surface area contributed by atoms with Crippen molar-refractivity contribution in [2.24, 2.45) is 0 Å². The Morgan fingerprint density at radius 2 is 2.10 bits per heavy atom. The predicted octanol–water partition coefficient (Wildman–Crippen LogP) is 3.56. The summed E-state index contributed by atoms with van der Waals surface area (Å²) in [6.07, 6.45) is 0.737. The van der Waals surface area contributed by atoms with Crippen LogP contribution in [0.3, 0.4) is 0 Å². The Balaban J connectivity index is 2.70. The number of thioether (sulfide) groups is 1. The minimum Gasteiger partial charge on any atom is -0.480 e. The first-order valence-electron chi connectivity index (χ1n) is 6.75. The van der Waals surface area contributed by atoms with E-state index >= 15 is 0 Å². The van der Waals surface area contributed by atoms with E-state index in [4.69, 9.17) is 5.11 Å². The molecular weight excluding hydrogens is 354 g/mol. The Bertz CT molecular complexity index is 522. The third kappa shape index (κ3) is 5.71. The van der Waals surface area contributed by atoms with Crippen LogP contribution in [0.25, 0.3) is 0 Å². The van der Waals surface area contributed by atoms with Crippen molar-refractivity contribution in [1.82, 2.24) is 4.90 Å². The molecule has 1 aromatic rings. The quantitative estimate of drug-likeness (QED) is 0.742.